The van der Waals surface area contributed by atoms with E-state index in [0.29, 0.717) is 28.9 Å². The van der Waals surface area contributed by atoms with Gasteiger partial charge >= 0.3 is 0 Å². The number of carbonyl (C=O) groups excluding carboxylic acids is 1. The molecule has 0 radical (unpaired) electrons. The highest BCUT2D eigenvalue weighted by atomic mass is 35.5. The summed E-state index contributed by atoms with van der Waals surface area (Å²) < 4.78 is 13.0. The number of ether oxygens (including phenoxy) is 2. The molecule has 0 aliphatic heterocycles. The average Bonchev–Trinajstić information content (AvgIpc) is 3.28. The molecule has 2 aromatic carbocycles. The molecule has 1 atom stereocenters. The Morgan fingerprint density at radius 3 is 2.53 bits per heavy atom. The molecule has 0 spiro atoms. The third-order valence-electron chi connectivity index (χ3n) is 6.95. The fraction of sp³-hybridized carbons (Fsp3) is 0.321. The molecule has 1 amide bonds. The Kier molecular flexibility index (Phi) is 7.79. The molecule has 1 aliphatic rings. The molecular formula is C28H31ClN4O3. The van der Waals surface area contributed by atoms with Crippen molar-refractivity contribution in [2.24, 2.45) is 5.73 Å². The molecule has 7 nitrogen and oxygen atoms in total. The van der Waals surface area contributed by atoms with Crippen LogP contribution >= 0.6 is 12.4 Å². The molecule has 4 aromatic rings. The van der Waals surface area contributed by atoms with E-state index in [-0.39, 0.29) is 12.4 Å². The molecule has 0 bridgehead atoms. The maximum absolute atomic E-state index is 13.2. The molecule has 188 valence electrons. The molecular weight excluding hydrogens is 476 g/mol. The van der Waals surface area contributed by atoms with Gasteiger partial charge in [-0.05, 0) is 54.7 Å². The van der Waals surface area contributed by atoms with E-state index in [1.54, 1.807) is 20.4 Å². The number of pyridine rings is 1. The van der Waals surface area contributed by atoms with E-state index in [2.05, 4.69) is 6.07 Å². The summed E-state index contributed by atoms with van der Waals surface area (Å²) in [6.45, 7) is 0. The van der Waals surface area contributed by atoms with Gasteiger partial charge < -0.3 is 19.8 Å². The summed E-state index contributed by atoms with van der Waals surface area (Å²) in [5, 5.41) is 0. The number of imidazole rings is 1. The van der Waals surface area contributed by atoms with Crippen molar-refractivity contribution in [3.63, 3.8) is 0 Å². The monoisotopic (exact) mass is 506 g/mol. The largest absolute Gasteiger partial charge is 0.497 e. The molecule has 1 aliphatic carbocycles. The van der Waals surface area contributed by atoms with Crippen molar-refractivity contribution < 1.29 is 14.3 Å². The lowest BCUT2D eigenvalue weighted by Crippen LogP contribution is -2.30. The molecule has 36 heavy (non-hydrogen) atoms. The highest BCUT2D eigenvalue weighted by Gasteiger charge is 2.32. The minimum Gasteiger partial charge on any atom is -0.497 e. The predicted octanol–water partition coefficient (Wildman–Crippen LogP) is 5.66. The van der Waals surface area contributed by atoms with Crippen LogP contribution in [0.4, 0.5) is 0 Å². The lowest BCUT2D eigenvalue weighted by Gasteiger charge is -2.27. The van der Waals surface area contributed by atoms with Crippen LogP contribution in [-0.2, 0) is 4.79 Å². The number of nitrogens with zero attached hydrogens (tertiary/aromatic N) is 3. The van der Waals surface area contributed by atoms with Crippen LogP contribution in [0, 0.1) is 0 Å². The third kappa shape index (κ3) is 4.63. The quantitative estimate of drug-likeness (QED) is 0.349. The number of aromatic nitrogens is 3. The summed E-state index contributed by atoms with van der Waals surface area (Å²) in [5.41, 5.74) is 10.2. The van der Waals surface area contributed by atoms with Gasteiger partial charge in [0.25, 0.3) is 0 Å². The molecule has 0 saturated heterocycles. The second kappa shape index (κ2) is 11.0. The first-order chi connectivity index (χ1) is 17.1. The smallest absolute Gasteiger partial charge is 0.246 e. The van der Waals surface area contributed by atoms with Crippen LogP contribution in [0.25, 0.3) is 22.4 Å². The lowest BCUT2D eigenvalue weighted by atomic mass is 9.82. The van der Waals surface area contributed by atoms with Gasteiger partial charge in [-0.3, -0.25) is 9.78 Å². The van der Waals surface area contributed by atoms with Crippen LogP contribution in [-0.4, -0.2) is 34.7 Å². The van der Waals surface area contributed by atoms with Gasteiger partial charge in [-0.25, -0.2) is 4.98 Å². The Morgan fingerprint density at radius 1 is 1.03 bits per heavy atom. The number of halogens is 1. The van der Waals surface area contributed by atoms with Crippen LogP contribution in [0.1, 0.15) is 55.3 Å². The topological polar surface area (TPSA) is 92.3 Å². The second-order valence-electron chi connectivity index (χ2n) is 8.98. The molecule has 5 rings (SSSR count). The minimum absolute atomic E-state index is 0. The maximum atomic E-state index is 13.2. The van der Waals surface area contributed by atoms with Gasteiger partial charge in [0.2, 0.25) is 5.91 Å². The first kappa shape index (κ1) is 25.5. The summed E-state index contributed by atoms with van der Waals surface area (Å²) in [6.07, 6.45) is 7.54. The Bertz CT molecular complexity index is 1360. The van der Waals surface area contributed by atoms with E-state index in [1.807, 2.05) is 53.1 Å². The van der Waals surface area contributed by atoms with Crippen molar-refractivity contribution in [3.05, 3.63) is 72.1 Å². The summed E-state index contributed by atoms with van der Waals surface area (Å²) in [7, 11) is 3.22. The number of nitrogens with two attached hydrogens (primary N) is 1. The van der Waals surface area contributed by atoms with Crippen LogP contribution < -0.4 is 15.2 Å². The Balaban J connectivity index is 0.00000304. The van der Waals surface area contributed by atoms with E-state index in [9.17, 15) is 4.79 Å². The zero-order chi connectivity index (χ0) is 24.4. The standard InChI is InChI=1S/C28H30N4O3.ClH/c1-34-19-14-15-21(24(17-19)35-2)28-31-22-12-6-7-13-23(22)32(28)26(27(29)33)25-20(11-8-16-30-25)18-9-4-3-5-10-18;/h6-8,11-18,26H,3-5,9-10H2,1-2H3,(H2,29,33);1H. The van der Waals surface area contributed by atoms with E-state index >= 15 is 0 Å². The van der Waals surface area contributed by atoms with Gasteiger partial charge in [0.15, 0.2) is 6.04 Å². The first-order valence-corrected chi connectivity index (χ1v) is 12.1. The number of benzene rings is 2. The van der Waals surface area contributed by atoms with Gasteiger partial charge in [0.1, 0.15) is 17.3 Å². The zero-order valence-corrected chi connectivity index (χ0v) is 21.3. The van der Waals surface area contributed by atoms with E-state index in [1.165, 1.54) is 19.3 Å². The van der Waals surface area contributed by atoms with Gasteiger partial charge in [-0.2, -0.15) is 0 Å². The number of carbonyl (C=O) groups is 1. The zero-order valence-electron chi connectivity index (χ0n) is 20.5. The SMILES string of the molecule is COc1ccc(-c2nc3ccccc3n2C(C(N)=O)c2ncccc2C2CCCCC2)c(OC)c1.Cl. The Labute approximate surface area is 217 Å². The number of hydrogen-bond acceptors (Lipinski definition) is 5. The fourth-order valence-corrected chi connectivity index (χ4v) is 5.28. The van der Waals surface area contributed by atoms with Crippen LogP contribution in [0.15, 0.2) is 60.8 Å². The van der Waals surface area contributed by atoms with Crippen molar-refractivity contribution in [1.29, 1.82) is 0 Å². The van der Waals surface area contributed by atoms with Crippen LogP contribution in [0.2, 0.25) is 0 Å². The number of amides is 1. The molecule has 2 heterocycles. The minimum atomic E-state index is -0.817. The molecule has 2 aromatic heterocycles. The Hall–Kier alpha value is -3.58. The van der Waals surface area contributed by atoms with E-state index in [4.69, 9.17) is 25.2 Å². The predicted molar refractivity (Wildman–Crippen MR) is 143 cm³/mol. The van der Waals surface area contributed by atoms with Crippen LogP contribution in [0.3, 0.4) is 0 Å². The normalized spacial score (nSPS) is 14.7. The van der Waals surface area contributed by atoms with E-state index in [0.717, 1.165) is 35.0 Å². The van der Waals surface area contributed by atoms with Crippen molar-refractivity contribution in [3.8, 4) is 22.9 Å². The average molecular weight is 507 g/mol. The number of para-hydroxylation sites is 2. The van der Waals surface area contributed by atoms with Crippen molar-refractivity contribution in [2.45, 2.75) is 44.1 Å². The number of rotatable bonds is 7. The second-order valence-corrected chi connectivity index (χ2v) is 8.98. The molecule has 1 fully saturated rings. The first-order valence-electron chi connectivity index (χ1n) is 12.1. The van der Waals surface area contributed by atoms with E-state index < -0.39 is 11.9 Å². The Morgan fingerprint density at radius 2 is 1.81 bits per heavy atom. The molecule has 1 saturated carbocycles. The number of fused-ring (bicyclic) bond motifs is 1. The van der Waals surface area contributed by atoms with Crippen LogP contribution in [0.5, 0.6) is 11.5 Å². The summed E-state index contributed by atoms with van der Waals surface area (Å²) in [6, 6.07) is 16.6. The maximum Gasteiger partial charge on any atom is 0.246 e. The van der Waals surface area contributed by atoms with Crippen molar-refractivity contribution in [2.75, 3.05) is 14.2 Å². The third-order valence-corrected chi connectivity index (χ3v) is 6.95. The molecule has 8 heteroatoms. The number of hydrogen-bond donors (Lipinski definition) is 1. The summed E-state index contributed by atoms with van der Waals surface area (Å²) in [4.78, 5) is 22.9. The highest BCUT2D eigenvalue weighted by molar-refractivity contribution is 5.89. The van der Waals surface area contributed by atoms with Gasteiger partial charge in [-0.1, -0.05) is 37.5 Å². The fourth-order valence-electron chi connectivity index (χ4n) is 5.28. The van der Waals surface area contributed by atoms with Gasteiger partial charge in [0, 0.05) is 12.3 Å². The van der Waals surface area contributed by atoms with Crippen molar-refractivity contribution >= 4 is 29.3 Å². The van der Waals surface area contributed by atoms with Crippen molar-refractivity contribution in [1.82, 2.24) is 14.5 Å². The number of primary amides is 1. The highest BCUT2D eigenvalue weighted by Crippen LogP contribution is 2.40. The lowest BCUT2D eigenvalue weighted by molar-refractivity contribution is -0.120. The summed E-state index contributed by atoms with van der Waals surface area (Å²) in [5.74, 6) is 1.75. The number of methoxy groups -OCH3 is 2. The van der Waals surface area contributed by atoms with Gasteiger partial charge in [-0.15, -0.1) is 12.4 Å². The molecule has 1 unspecified atom stereocenters. The van der Waals surface area contributed by atoms with Gasteiger partial charge in [0.05, 0.1) is 36.5 Å². The summed E-state index contributed by atoms with van der Waals surface area (Å²) >= 11 is 0. The molecule has 2 N–H and O–H groups in total.